The van der Waals surface area contributed by atoms with Gasteiger partial charge in [0.2, 0.25) is 0 Å². The summed E-state index contributed by atoms with van der Waals surface area (Å²) >= 11 is 0. The molecule has 0 unspecified atom stereocenters. The summed E-state index contributed by atoms with van der Waals surface area (Å²) in [5.74, 6) is 0. The maximum Gasteiger partial charge on any atom is 0.0334 e. The second kappa shape index (κ2) is 5.23. The number of rotatable bonds is 4. The number of allylic oxidation sites excluding steroid dienone is 1. The van der Waals surface area contributed by atoms with E-state index in [0.717, 1.165) is 12.8 Å². The van der Waals surface area contributed by atoms with Crippen LogP contribution in [0.4, 0.5) is 0 Å². The summed E-state index contributed by atoms with van der Waals surface area (Å²) in [6, 6.07) is 21.3. The Kier molecular flexibility index (Phi) is 3.28. The van der Waals surface area contributed by atoms with Crippen LogP contribution in [0.3, 0.4) is 0 Å². The minimum atomic E-state index is 0.0305. The zero-order chi connectivity index (χ0) is 13.0. The van der Waals surface area contributed by atoms with Gasteiger partial charge in [-0.1, -0.05) is 66.7 Å². The SMILES string of the molecule is C1=CC(Cc2ccccc2)(Cc2ccccc2)C=N1. The minimum Gasteiger partial charge on any atom is -0.268 e. The lowest BCUT2D eigenvalue weighted by atomic mass is 9.78. The van der Waals surface area contributed by atoms with Crippen LogP contribution in [-0.2, 0) is 12.8 Å². The highest BCUT2D eigenvalue weighted by molar-refractivity contribution is 5.73. The van der Waals surface area contributed by atoms with E-state index in [1.807, 2.05) is 6.20 Å². The first-order chi connectivity index (χ1) is 9.36. The van der Waals surface area contributed by atoms with Gasteiger partial charge in [0.05, 0.1) is 0 Å². The molecule has 1 heteroatoms. The van der Waals surface area contributed by atoms with Crippen LogP contribution in [-0.4, -0.2) is 6.21 Å². The molecule has 0 fully saturated rings. The number of benzene rings is 2. The summed E-state index contributed by atoms with van der Waals surface area (Å²) in [5, 5.41) is 0. The molecule has 0 aliphatic carbocycles. The normalized spacial score (nSPS) is 15.8. The van der Waals surface area contributed by atoms with E-state index in [4.69, 9.17) is 0 Å². The Morgan fingerprint density at radius 3 is 1.68 bits per heavy atom. The third-order valence-corrected chi connectivity index (χ3v) is 3.58. The Labute approximate surface area is 114 Å². The smallest absolute Gasteiger partial charge is 0.0334 e. The van der Waals surface area contributed by atoms with Crippen molar-refractivity contribution in [2.75, 3.05) is 0 Å². The zero-order valence-electron chi connectivity index (χ0n) is 10.9. The molecule has 0 spiro atoms. The molecule has 0 bridgehead atoms. The molecule has 1 aliphatic heterocycles. The van der Waals surface area contributed by atoms with Crippen LogP contribution in [0.5, 0.6) is 0 Å². The summed E-state index contributed by atoms with van der Waals surface area (Å²) in [5.41, 5.74) is 2.75. The van der Waals surface area contributed by atoms with Crippen LogP contribution in [0.25, 0.3) is 0 Å². The fourth-order valence-corrected chi connectivity index (χ4v) is 2.65. The Balaban J connectivity index is 1.84. The van der Waals surface area contributed by atoms with Gasteiger partial charge in [0.1, 0.15) is 0 Å². The first-order valence-corrected chi connectivity index (χ1v) is 6.66. The van der Waals surface area contributed by atoms with Gasteiger partial charge in [0.25, 0.3) is 0 Å². The van der Waals surface area contributed by atoms with Gasteiger partial charge in [0.15, 0.2) is 0 Å². The average molecular weight is 247 g/mol. The maximum absolute atomic E-state index is 4.32. The largest absolute Gasteiger partial charge is 0.268 e. The predicted octanol–water partition coefficient (Wildman–Crippen LogP) is 4.06. The molecular weight excluding hydrogens is 230 g/mol. The summed E-state index contributed by atoms with van der Waals surface area (Å²) in [7, 11) is 0. The highest BCUT2D eigenvalue weighted by Gasteiger charge is 2.28. The Bertz CT molecular complexity index is 526. The molecule has 0 saturated heterocycles. The third-order valence-electron chi connectivity index (χ3n) is 3.58. The average Bonchev–Trinajstić information content (AvgIpc) is 2.89. The topological polar surface area (TPSA) is 12.4 Å². The van der Waals surface area contributed by atoms with Gasteiger partial charge in [-0.25, -0.2) is 0 Å². The van der Waals surface area contributed by atoms with Crippen LogP contribution in [0.15, 0.2) is 77.9 Å². The van der Waals surface area contributed by atoms with Crippen LogP contribution in [0.2, 0.25) is 0 Å². The van der Waals surface area contributed by atoms with Crippen molar-refractivity contribution in [2.45, 2.75) is 12.8 Å². The molecule has 1 nitrogen and oxygen atoms in total. The van der Waals surface area contributed by atoms with E-state index in [0.29, 0.717) is 0 Å². The van der Waals surface area contributed by atoms with E-state index in [1.54, 1.807) is 0 Å². The van der Waals surface area contributed by atoms with E-state index >= 15 is 0 Å². The number of hydrogen-bond acceptors (Lipinski definition) is 1. The van der Waals surface area contributed by atoms with E-state index in [2.05, 4.69) is 77.9 Å². The van der Waals surface area contributed by atoms with Crippen molar-refractivity contribution in [1.82, 2.24) is 0 Å². The summed E-state index contributed by atoms with van der Waals surface area (Å²) < 4.78 is 0. The molecule has 0 radical (unpaired) electrons. The summed E-state index contributed by atoms with van der Waals surface area (Å²) in [6.45, 7) is 0. The fraction of sp³-hybridized carbons (Fsp3) is 0.167. The standard InChI is InChI=1S/C18H17N/c1-3-7-16(8-4-1)13-18(11-12-19-15-18)14-17-9-5-2-6-10-17/h1-12,15H,13-14H2. The molecule has 0 aromatic heterocycles. The molecule has 0 amide bonds. The molecule has 0 saturated carbocycles. The molecule has 1 heterocycles. The van der Waals surface area contributed by atoms with Crippen molar-refractivity contribution in [2.24, 2.45) is 10.4 Å². The second-order valence-electron chi connectivity index (χ2n) is 5.15. The van der Waals surface area contributed by atoms with Crippen LogP contribution < -0.4 is 0 Å². The van der Waals surface area contributed by atoms with Gasteiger partial charge in [-0.3, -0.25) is 4.99 Å². The Morgan fingerprint density at radius 1 is 0.737 bits per heavy atom. The maximum atomic E-state index is 4.32. The second-order valence-corrected chi connectivity index (χ2v) is 5.15. The Morgan fingerprint density at radius 2 is 1.26 bits per heavy atom. The fourth-order valence-electron chi connectivity index (χ4n) is 2.65. The molecule has 3 rings (SSSR count). The van der Waals surface area contributed by atoms with Crippen molar-refractivity contribution >= 4 is 6.21 Å². The van der Waals surface area contributed by atoms with Crippen LogP contribution in [0, 0.1) is 5.41 Å². The number of nitrogens with zero attached hydrogens (tertiary/aromatic N) is 1. The molecule has 2 aromatic carbocycles. The molecule has 94 valence electrons. The lowest BCUT2D eigenvalue weighted by molar-refractivity contribution is 0.545. The lowest BCUT2D eigenvalue weighted by Crippen LogP contribution is -2.24. The van der Waals surface area contributed by atoms with Crippen molar-refractivity contribution < 1.29 is 0 Å². The van der Waals surface area contributed by atoms with E-state index in [9.17, 15) is 0 Å². The van der Waals surface area contributed by atoms with Crippen molar-refractivity contribution in [3.8, 4) is 0 Å². The number of aliphatic imine (C=N–C) groups is 1. The summed E-state index contributed by atoms with van der Waals surface area (Å²) in [6.07, 6.45) is 8.25. The van der Waals surface area contributed by atoms with Crippen LogP contribution in [0.1, 0.15) is 11.1 Å². The lowest BCUT2D eigenvalue weighted by Gasteiger charge is -2.24. The van der Waals surface area contributed by atoms with Gasteiger partial charge >= 0.3 is 0 Å². The first-order valence-electron chi connectivity index (χ1n) is 6.66. The van der Waals surface area contributed by atoms with E-state index < -0.39 is 0 Å². The number of hydrogen-bond donors (Lipinski definition) is 0. The van der Waals surface area contributed by atoms with E-state index in [-0.39, 0.29) is 5.41 Å². The van der Waals surface area contributed by atoms with Gasteiger partial charge in [-0.15, -0.1) is 0 Å². The molecule has 2 aromatic rings. The molecule has 0 N–H and O–H groups in total. The van der Waals surface area contributed by atoms with Crippen molar-refractivity contribution in [1.29, 1.82) is 0 Å². The van der Waals surface area contributed by atoms with Crippen LogP contribution >= 0.6 is 0 Å². The predicted molar refractivity (Wildman–Crippen MR) is 80.4 cm³/mol. The monoisotopic (exact) mass is 247 g/mol. The molecular formula is C18H17N. The minimum absolute atomic E-state index is 0.0305. The Hall–Kier alpha value is -2.15. The van der Waals surface area contributed by atoms with Gasteiger partial charge < -0.3 is 0 Å². The van der Waals surface area contributed by atoms with Gasteiger partial charge in [-0.2, -0.15) is 0 Å². The van der Waals surface area contributed by atoms with Crippen molar-refractivity contribution in [3.05, 3.63) is 84.1 Å². The molecule has 0 atom stereocenters. The zero-order valence-corrected chi connectivity index (χ0v) is 10.9. The quantitative estimate of drug-likeness (QED) is 0.772. The molecule has 19 heavy (non-hydrogen) atoms. The van der Waals surface area contributed by atoms with Gasteiger partial charge in [-0.05, 0) is 24.0 Å². The highest BCUT2D eigenvalue weighted by Crippen LogP contribution is 2.30. The third kappa shape index (κ3) is 2.82. The van der Waals surface area contributed by atoms with E-state index in [1.165, 1.54) is 11.1 Å². The van der Waals surface area contributed by atoms with Gasteiger partial charge in [0, 0.05) is 17.8 Å². The highest BCUT2D eigenvalue weighted by atomic mass is 14.7. The summed E-state index contributed by atoms with van der Waals surface area (Å²) in [4.78, 5) is 4.32. The van der Waals surface area contributed by atoms with Crippen molar-refractivity contribution in [3.63, 3.8) is 0 Å². The molecule has 1 aliphatic rings. The first kappa shape index (κ1) is 11.9.